The third kappa shape index (κ3) is 2.99. The van der Waals surface area contributed by atoms with Crippen molar-refractivity contribution >= 4 is 5.78 Å². The van der Waals surface area contributed by atoms with Crippen LogP contribution in [0.15, 0.2) is 24.3 Å². The van der Waals surface area contributed by atoms with Crippen molar-refractivity contribution in [2.75, 3.05) is 0 Å². The first-order valence-corrected chi connectivity index (χ1v) is 6.97. The molecule has 0 saturated heterocycles. The van der Waals surface area contributed by atoms with E-state index in [2.05, 4.69) is 19.1 Å². The summed E-state index contributed by atoms with van der Waals surface area (Å²) in [7, 11) is 0. The van der Waals surface area contributed by atoms with Crippen molar-refractivity contribution in [1.29, 1.82) is 0 Å². The molecule has 0 amide bonds. The van der Waals surface area contributed by atoms with E-state index in [1.54, 1.807) is 0 Å². The third-order valence-electron chi connectivity index (χ3n) is 4.00. The number of hydrogen-bond donors (Lipinski definition) is 1. The number of Topliss-reactive ketones (excluding diaryl/α,β-unsaturated/α-hetero) is 1. The zero-order valence-corrected chi connectivity index (χ0v) is 11.1. The highest BCUT2D eigenvalue weighted by molar-refractivity contribution is 5.89. The fourth-order valence-corrected chi connectivity index (χ4v) is 2.66. The number of aliphatic hydroxyl groups is 1. The summed E-state index contributed by atoms with van der Waals surface area (Å²) >= 11 is 0. The molecule has 0 unspecified atom stereocenters. The van der Waals surface area contributed by atoms with Gasteiger partial charge in [-0.1, -0.05) is 50.5 Å². The van der Waals surface area contributed by atoms with E-state index in [0.717, 1.165) is 31.2 Å². The van der Waals surface area contributed by atoms with Gasteiger partial charge in [-0.2, -0.15) is 0 Å². The molecule has 2 nitrogen and oxygen atoms in total. The van der Waals surface area contributed by atoms with Gasteiger partial charge >= 0.3 is 0 Å². The van der Waals surface area contributed by atoms with Crippen LogP contribution in [-0.2, 0) is 17.6 Å². The lowest BCUT2D eigenvalue weighted by Crippen LogP contribution is -2.41. The van der Waals surface area contributed by atoms with Crippen LogP contribution in [0.5, 0.6) is 0 Å². The Kier molecular flexibility index (Phi) is 4.18. The zero-order valence-electron chi connectivity index (χ0n) is 11.1. The van der Waals surface area contributed by atoms with Crippen molar-refractivity contribution in [2.24, 2.45) is 0 Å². The number of ketones is 1. The van der Waals surface area contributed by atoms with Gasteiger partial charge in [-0.25, -0.2) is 0 Å². The third-order valence-corrected chi connectivity index (χ3v) is 4.00. The molecule has 1 aliphatic rings. The Morgan fingerprint density at radius 2 is 1.67 bits per heavy atom. The van der Waals surface area contributed by atoms with E-state index in [9.17, 15) is 9.90 Å². The molecular formula is C16H22O2. The second-order valence-corrected chi connectivity index (χ2v) is 5.36. The maximum atomic E-state index is 12.2. The van der Waals surface area contributed by atoms with Crippen LogP contribution in [-0.4, -0.2) is 16.5 Å². The summed E-state index contributed by atoms with van der Waals surface area (Å²) in [4.78, 5) is 12.2. The van der Waals surface area contributed by atoms with E-state index in [0.29, 0.717) is 19.3 Å². The summed E-state index contributed by atoms with van der Waals surface area (Å²) in [6.45, 7) is 2.12. The molecule has 18 heavy (non-hydrogen) atoms. The molecule has 0 atom stereocenters. The first-order chi connectivity index (χ1) is 8.64. The Bertz CT molecular complexity index is 400. The Hall–Kier alpha value is -1.15. The number of aryl methyl sites for hydroxylation is 1. The van der Waals surface area contributed by atoms with Crippen LogP contribution in [0, 0.1) is 0 Å². The molecule has 0 aliphatic heterocycles. The number of carbonyl (C=O) groups is 1. The van der Waals surface area contributed by atoms with Crippen LogP contribution in [0.1, 0.15) is 50.2 Å². The van der Waals surface area contributed by atoms with Crippen LogP contribution in [0.3, 0.4) is 0 Å². The Morgan fingerprint density at radius 1 is 1.11 bits per heavy atom. The lowest BCUT2D eigenvalue weighted by Gasteiger charge is -2.30. The summed E-state index contributed by atoms with van der Waals surface area (Å²) in [6.07, 6.45) is 5.73. The van der Waals surface area contributed by atoms with E-state index in [1.165, 1.54) is 5.56 Å². The van der Waals surface area contributed by atoms with Crippen molar-refractivity contribution in [3.8, 4) is 0 Å². The molecule has 0 spiro atoms. The van der Waals surface area contributed by atoms with Crippen molar-refractivity contribution in [3.05, 3.63) is 35.4 Å². The lowest BCUT2D eigenvalue weighted by molar-refractivity contribution is -0.139. The molecule has 0 bridgehead atoms. The second kappa shape index (κ2) is 5.66. The minimum Gasteiger partial charge on any atom is -0.382 e. The largest absolute Gasteiger partial charge is 0.382 e. The number of hydrogen-bond acceptors (Lipinski definition) is 2. The van der Waals surface area contributed by atoms with Gasteiger partial charge in [0.05, 0.1) is 0 Å². The van der Waals surface area contributed by atoms with Gasteiger partial charge in [-0.3, -0.25) is 4.79 Å². The van der Waals surface area contributed by atoms with Crippen molar-refractivity contribution in [3.63, 3.8) is 0 Å². The molecule has 1 aromatic carbocycles. The monoisotopic (exact) mass is 246 g/mol. The van der Waals surface area contributed by atoms with Gasteiger partial charge in [0.1, 0.15) is 5.60 Å². The SMILES string of the molecule is CCc1ccc(CC(=O)C2(O)CCCCC2)cc1. The summed E-state index contributed by atoms with van der Waals surface area (Å²) < 4.78 is 0. The minimum absolute atomic E-state index is 0.00792. The minimum atomic E-state index is -1.05. The first-order valence-electron chi connectivity index (χ1n) is 6.97. The Morgan fingerprint density at radius 3 is 2.22 bits per heavy atom. The van der Waals surface area contributed by atoms with Gasteiger partial charge in [-0.05, 0) is 30.4 Å². The number of carbonyl (C=O) groups excluding carboxylic acids is 1. The molecule has 0 aromatic heterocycles. The first kappa shape index (κ1) is 13.3. The second-order valence-electron chi connectivity index (χ2n) is 5.36. The molecule has 0 heterocycles. The Labute approximate surface area is 109 Å². The molecule has 0 radical (unpaired) electrons. The van der Waals surface area contributed by atoms with Crippen LogP contribution >= 0.6 is 0 Å². The molecule has 2 heteroatoms. The smallest absolute Gasteiger partial charge is 0.168 e. The highest BCUT2D eigenvalue weighted by Crippen LogP contribution is 2.29. The Balaban J connectivity index is 2.01. The number of benzene rings is 1. The maximum absolute atomic E-state index is 12.2. The molecule has 1 aliphatic carbocycles. The van der Waals surface area contributed by atoms with Gasteiger partial charge < -0.3 is 5.11 Å². The molecule has 1 saturated carbocycles. The van der Waals surface area contributed by atoms with E-state index in [1.807, 2.05) is 12.1 Å². The molecule has 1 aromatic rings. The fraction of sp³-hybridized carbons (Fsp3) is 0.562. The lowest BCUT2D eigenvalue weighted by atomic mass is 9.80. The molecule has 2 rings (SSSR count). The molecule has 1 fully saturated rings. The zero-order chi connectivity index (χ0) is 13.0. The summed E-state index contributed by atoms with van der Waals surface area (Å²) in [6, 6.07) is 8.13. The summed E-state index contributed by atoms with van der Waals surface area (Å²) in [5, 5.41) is 10.4. The van der Waals surface area contributed by atoms with E-state index in [4.69, 9.17) is 0 Å². The molecule has 98 valence electrons. The molecule has 1 N–H and O–H groups in total. The van der Waals surface area contributed by atoms with Gasteiger partial charge in [0.25, 0.3) is 0 Å². The summed E-state index contributed by atoms with van der Waals surface area (Å²) in [5.74, 6) is -0.00792. The van der Waals surface area contributed by atoms with E-state index >= 15 is 0 Å². The van der Waals surface area contributed by atoms with Gasteiger partial charge in [0.2, 0.25) is 0 Å². The van der Waals surface area contributed by atoms with Crippen LogP contribution in [0.2, 0.25) is 0 Å². The number of rotatable bonds is 4. The van der Waals surface area contributed by atoms with Gasteiger partial charge in [0, 0.05) is 6.42 Å². The van der Waals surface area contributed by atoms with Gasteiger partial charge in [-0.15, -0.1) is 0 Å². The predicted molar refractivity (Wildman–Crippen MR) is 72.6 cm³/mol. The average molecular weight is 246 g/mol. The van der Waals surface area contributed by atoms with Crippen LogP contribution in [0.4, 0.5) is 0 Å². The highest BCUT2D eigenvalue weighted by atomic mass is 16.3. The van der Waals surface area contributed by atoms with Gasteiger partial charge in [0.15, 0.2) is 5.78 Å². The quantitative estimate of drug-likeness (QED) is 0.886. The highest BCUT2D eigenvalue weighted by Gasteiger charge is 2.36. The topological polar surface area (TPSA) is 37.3 Å². The van der Waals surface area contributed by atoms with Crippen LogP contribution in [0.25, 0.3) is 0 Å². The van der Waals surface area contributed by atoms with E-state index < -0.39 is 5.60 Å². The average Bonchev–Trinajstić information content (AvgIpc) is 2.40. The van der Waals surface area contributed by atoms with Crippen molar-refractivity contribution in [2.45, 2.75) is 57.5 Å². The standard InChI is InChI=1S/C16H22O2/c1-2-13-6-8-14(9-7-13)12-15(17)16(18)10-4-3-5-11-16/h6-9,18H,2-5,10-12H2,1H3. The van der Waals surface area contributed by atoms with Crippen molar-refractivity contribution < 1.29 is 9.90 Å². The summed E-state index contributed by atoms with van der Waals surface area (Å²) in [5.41, 5.74) is 1.24. The van der Waals surface area contributed by atoms with Crippen molar-refractivity contribution in [1.82, 2.24) is 0 Å². The van der Waals surface area contributed by atoms with E-state index in [-0.39, 0.29) is 5.78 Å². The normalized spacial score (nSPS) is 18.6. The molecular weight excluding hydrogens is 224 g/mol. The fourth-order valence-electron chi connectivity index (χ4n) is 2.66. The van der Waals surface area contributed by atoms with Crippen LogP contribution < -0.4 is 0 Å². The maximum Gasteiger partial charge on any atom is 0.168 e. The predicted octanol–water partition coefficient (Wildman–Crippen LogP) is 3.06.